The summed E-state index contributed by atoms with van der Waals surface area (Å²) in [5.74, 6) is 0.534. The van der Waals surface area contributed by atoms with Gasteiger partial charge in [-0.15, -0.1) is 10.2 Å². The summed E-state index contributed by atoms with van der Waals surface area (Å²) in [7, 11) is 0. The molecule has 12 heavy (non-hydrogen) atoms. The maximum absolute atomic E-state index is 10.2. The lowest BCUT2D eigenvalue weighted by atomic mass is 10.5. The average Bonchev–Trinajstić information content (AvgIpc) is 2.73. The Balaban J connectivity index is 2.07. The van der Waals surface area contributed by atoms with Gasteiger partial charge in [-0.2, -0.15) is 0 Å². The first-order valence-electron chi connectivity index (χ1n) is 3.59. The molecule has 6 heteroatoms. The third kappa shape index (κ3) is 1.53. The molecular weight excluding hydrogens is 178 g/mol. The Kier molecular flexibility index (Phi) is 1.69. The molecule has 1 fully saturated rings. The van der Waals surface area contributed by atoms with E-state index in [9.17, 15) is 4.79 Å². The highest BCUT2D eigenvalue weighted by molar-refractivity contribution is 7.15. The topological polar surface area (TPSA) is 75.1 Å². The first kappa shape index (κ1) is 7.48. The molecule has 0 saturated heterocycles. The van der Waals surface area contributed by atoms with E-state index < -0.39 is 6.09 Å². The number of aromatic nitrogens is 2. The van der Waals surface area contributed by atoms with Crippen LogP contribution in [0.1, 0.15) is 23.8 Å². The van der Waals surface area contributed by atoms with Gasteiger partial charge in [0.15, 0.2) is 0 Å². The molecule has 0 bridgehead atoms. The highest BCUT2D eigenvalue weighted by atomic mass is 32.1. The maximum Gasteiger partial charge on any atom is 0.411 e. The lowest BCUT2D eigenvalue weighted by Gasteiger charge is -1.88. The molecule has 5 nitrogen and oxygen atoms in total. The van der Waals surface area contributed by atoms with Crippen molar-refractivity contribution in [3.63, 3.8) is 0 Å². The van der Waals surface area contributed by atoms with E-state index in [4.69, 9.17) is 5.11 Å². The number of rotatable bonds is 2. The van der Waals surface area contributed by atoms with Crippen LogP contribution in [0.15, 0.2) is 0 Å². The number of anilines is 1. The van der Waals surface area contributed by atoms with Crippen LogP contribution in [0.5, 0.6) is 0 Å². The van der Waals surface area contributed by atoms with Gasteiger partial charge < -0.3 is 5.11 Å². The summed E-state index contributed by atoms with van der Waals surface area (Å²) in [6, 6.07) is 0. The van der Waals surface area contributed by atoms with E-state index in [1.54, 1.807) is 0 Å². The van der Waals surface area contributed by atoms with E-state index in [1.165, 1.54) is 11.3 Å². The van der Waals surface area contributed by atoms with Gasteiger partial charge in [-0.3, -0.25) is 5.32 Å². The van der Waals surface area contributed by atoms with Gasteiger partial charge >= 0.3 is 6.09 Å². The molecule has 0 aromatic carbocycles. The van der Waals surface area contributed by atoms with Gasteiger partial charge in [0.2, 0.25) is 5.13 Å². The first-order valence-corrected chi connectivity index (χ1v) is 4.40. The quantitative estimate of drug-likeness (QED) is 0.732. The van der Waals surface area contributed by atoms with E-state index in [1.807, 2.05) is 0 Å². The lowest BCUT2D eigenvalue weighted by Crippen LogP contribution is -2.06. The number of nitrogens with one attached hydrogen (secondary N) is 1. The Morgan fingerprint density at radius 2 is 2.33 bits per heavy atom. The molecular formula is C6H7N3O2S. The Morgan fingerprint density at radius 1 is 1.58 bits per heavy atom. The third-order valence-electron chi connectivity index (χ3n) is 1.58. The van der Waals surface area contributed by atoms with Crippen molar-refractivity contribution in [2.24, 2.45) is 0 Å². The van der Waals surface area contributed by atoms with Crippen molar-refractivity contribution in [3.05, 3.63) is 5.01 Å². The van der Waals surface area contributed by atoms with E-state index in [-0.39, 0.29) is 0 Å². The monoisotopic (exact) mass is 185 g/mol. The normalized spacial score (nSPS) is 16.0. The minimum absolute atomic E-state index is 0.365. The zero-order valence-electron chi connectivity index (χ0n) is 6.15. The van der Waals surface area contributed by atoms with Crippen molar-refractivity contribution in [1.29, 1.82) is 0 Å². The molecule has 1 aliphatic rings. The zero-order valence-corrected chi connectivity index (χ0v) is 6.97. The second kappa shape index (κ2) is 2.71. The number of hydrogen-bond acceptors (Lipinski definition) is 4. The standard InChI is InChI=1S/C6H7N3O2S/c10-6(11)7-5-9-8-4(12-5)3-1-2-3/h3H,1-2H2,(H,7,9)(H,10,11). The van der Waals surface area contributed by atoms with Crippen LogP contribution in [0.25, 0.3) is 0 Å². The number of nitrogens with zero attached hydrogens (tertiary/aromatic N) is 2. The smallest absolute Gasteiger partial charge is 0.411 e. The predicted octanol–water partition coefficient (Wildman–Crippen LogP) is 1.51. The predicted molar refractivity (Wildman–Crippen MR) is 43.5 cm³/mol. The highest BCUT2D eigenvalue weighted by Crippen LogP contribution is 2.41. The first-order chi connectivity index (χ1) is 5.75. The Morgan fingerprint density at radius 3 is 2.92 bits per heavy atom. The maximum atomic E-state index is 10.2. The molecule has 1 amide bonds. The van der Waals surface area contributed by atoms with E-state index >= 15 is 0 Å². The molecule has 64 valence electrons. The molecule has 0 spiro atoms. The molecule has 0 unspecified atom stereocenters. The minimum Gasteiger partial charge on any atom is -0.465 e. The summed E-state index contributed by atoms with van der Waals surface area (Å²) in [6.07, 6.45) is 1.22. The molecule has 1 aliphatic carbocycles. The summed E-state index contributed by atoms with van der Waals surface area (Å²) in [4.78, 5) is 10.2. The van der Waals surface area contributed by atoms with Crippen molar-refractivity contribution in [3.8, 4) is 0 Å². The molecule has 0 radical (unpaired) electrons. The summed E-state index contributed by atoms with van der Waals surface area (Å²) < 4.78 is 0. The van der Waals surface area contributed by atoms with Crippen LogP contribution in [-0.4, -0.2) is 21.4 Å². The van der Waals surface area contributed by atoms with Crippen molar-refractivity contribution in [2.45, 2.75) is 18.8 Å². The second-order valence-electron chi connectivity index (χ2n) is 2.65. The van der Waals surface area contributed by atoms with Crippen molar-refractivity contribution in [2.75, 3.05) is 5.32 Å². The molecule has 1 aromatic rings. The molecule has 2 N–H and O–H groups in total. The number of amides is 1. The summed E-state index contributed by atoms with van der Waals surface area (Å²) >= 11 is 1.32. The SMILES string of the molecule is O=C(O)Nc1nnc(C2CC2)s1. The van der Waals surface area contributed by atoms with E-state index in [0.29, 0.717) is 11.0 Å². The fourth-order valence-corrected chi connectivity index (χ4v) is 1.77. The van der Waals surface area contributed by atoms with Crippen LogP contribution >= 0.6 is 11.3 Å². The van der Waals surface area contributed by atoms with Gasteiger partial charge in [-0.25, -0.2) is 4.79 Å². The molecule has 1 aromatic heterocycles. The molecule has 1 saturated carbocycles. The largest absolute Gasteiger partial charge is 0.465 e. The van der Waals surface area contributed by atoms with E-state index in [2.05, 4.69) is 15.5 Å². The number of carbonyl (C=O) groups is 1. The number of hydrogen-bond donors (Lipinski definition) is 2. The number of carboxylic acid groups (broad SMARTS) is 1. The lowest BCUT2D eigenvalue weighted by molar-refractivity contribution is 0.209. The Hall–Kier alpha value is -1.17. The van der Waals surface area contributed by atoms with E-state index in [0.717, 1.165) is 17.8 Å². The van der Waals surface area contributed by atoms with Crippen LogP contribution in [0.3, 0.4) is 0 Å². The highest BCUT2D eigenvalue weighted by Gasteiger charge is 2.27. The Labute approximate surface area is 72.4 Å². The summed E-state index contributed by atoms with van der Waals surface area (Å²) in [6.45, 7) is 0. The van der Waals surface area contributed by atoms with Crippen molar-refractivity contribution in [1.82, 2.24) is 10.2 Å². The average molecular weight is 185 g/mol. The molecule has 0 aliphatic heterocycles. The van der Waals surface area contributed by atoms with Gasteiger partial charge in [0.25, 0.3) is 0 Å². The summed E-state index contributed by atoms with van der Waals surface area (Å²) in [5.41, 5.74) is 0. The van der Waals surface area contributed by atoms with Gasteiger partial charge in [-0.05, 0) is 12.8 Å². The molecule has 2 rings (SSSR count). The fraction of sp³-hybridized carbons (Fsp3) is 0.500. The van der Waals surface area contributed by atoms with Crippen LogP contribution < -0.4 is 5.32 Å². The van der Waals surface area contributed by atoms with Gasteiger partial charge in [0.1, 0.15) is 5.01 Å². The second-order valence-corrected chi connectivity index (χ2v) is 3.66. The zero-order chi connectivity index (χ0) is 8.55. The molecule has 0 atom stereocenters. The summed E-state index contributed by atoms with van der Waals surface area (Å²) in [5, 5.41) is 19.4. The molecule has 1 heterocycles. The Bertz CT molecular complexity index is 307. The third-order valence-corrected chi connectivity index (χ3v) is 2.58. The van der Waals surface area contributed by atoms with Crippen molar-refractivity contribution < 1.29 is 9.90 Å². The minimum atomic E-state index is -1.09. The van der Waals surface area contributed by atoms with Crippen LogP contribution in [-0.2, 0) is 0 Å². The van der Waals surface area contributed by atoms with Crippen LogP contribution in [0.2, 0.25) is 0 Å². The van der Waals surface area contributed by atoms with Crippen molar-refractivity contribution >= 4 is 22.6 Å². The fourth-order valence-electron chi connectivity index (χ4n) is 0.872. The van der Waals surface area contributed by atoms with Crippen LogP contribution in [0.4, 0.5) is 9.93 Å². The van der Waals surface area contributed by atoms with Gasteiger partial charge in [-0.1, -0.05) is 11.3 Å². The van der Waals surface area contributed by atoms with Crippen LogP contribution in [0, 0.1) is 0 Å². The van der Waals surface area contributed by atoms with Gasteiger partial charge in [0.05, 0.1) is 0 Å². The van der Waals surface area contributed by atoms with Gasteiger partial charge in [0, 0.05) is 5.92 Å².